The van der Waals surface area contributed by atoms with Gasteiger partial charge in [0.25, 0.3) is 5.91 Å². The van der Waals surface area contributed by atoms with Crippen LogP contribution in [-0.2, 0) is 4.79 Å². The maximum atomic E-state index is 12.1. The van der Waals surface area contributed by atoms with Crippen LogP contribution in [0.25, 0.3) is 11.3 Å². The molecule has 0 aliphatic carbocycles. The number of thiazole rings is 1. The number of nitrogens with zero attached hydrogens (tertiary/aromatic N) is 2. The lowest BCUT2D eigenvalue weighted by molar-refractivity contribution is -0.116. The second-order valence-corrected chi connectivity index (χ2v) is 7.53. The number of anilines is 1. The van der Waals surface area contributed by atoms with Gasteiger partial charge in [-0.05, 0) is 30.5 Å². The first kappa shape index (κ1) is 17.3. The molecule has 0 bridgehead atoms. The fraction of sp³-hybridized carbons (Fsp3) is 0.167. The van der Waals surface area contributed by atoms with Gasteiger partial charge < -0.3 is 10.2 Å². The van der Waals surface area contributed by atoms with Crippen LogP contribution in [0.4, 0.5) is 5.69 Å². The van der Waals surface area contributed by atoms with Gasteiger partial charge in [-0.3, -0.25) is 9.59 Å². The first-order chi connectivity index (χ1) is 12.0. The van der Waals surface area contributed by atoms with Gasteiger partial charge in [0.2, 0.25) is 5.91 Å². The fourth-order valence-electron chi connectivity index (χ4n) is 2.30. The number of thiophene rings is 1. The SMILES string of the molecule is Cc1nc(-c2ccc(NC(=O)CN(C)C(=O)c3cccs3)cc2)cs1. The molecule has 0 atom stereocenters. The van der Waals surface area contributed by atoms with Crippen molar-refractivity contribution >= 4 is 40.2 Å². The quantitative estimate of drug-likeness (QED) is 0.740. The summed E-state index contributed by atoms with van der Waals surface area (Å²) >= 11 is 2.97. The minimum Gasteiger partial charge on any atom is -0.332 e. The third kappa shape index (κ3) is 4.32. The molecule has 0 radical (unpaired) electrons. The topological polar surface area (TPSA) is 62.3 Å². The Morgan fingerprint density at radius 3 is 2.52 bits per heavy atom. The van der Waals surface area contributed by atoms with E-state index in [4.69, 9.17) is 0 Å². The second kappa shape index (κ2) is 7.58. The standard InChI is InChI=1S/C18H17N3O2S2/c1-12-19-15(11-25-12)13-5-7-14(8-6-13)20-17(22)10-21(2)18(23)16-4-3-9-24-16/h3-9,11H,10H2,1-2H3,(H,20,22). The average molecular weight is 371 g/mol. The monoisotopic (exact) mass is 371 g/mol. The summed E-state index contributed by atoms with van der Waals surface area (Å²) in [6.45, 7) is 1.97. The van der Waals surface area contributed by atoms with Gasteiger partial charge in [-0.1, -0.05) is 18.2 Å². The Kier molecular flexibility index (Phi) is 5.25. The highest BCUT2D eigenvalue weighted by Gasteiger charge is 2.15. The number of amides is 2. The molecule has 25 heavy (non-hydrogen) atoms. The van der Waals surface area contributed by atoms with Gasteiger partial charge in [-0.15, -0.1) is 22.7 Å². The third-order valence-electron chi connectivity index (χ3n) is 3.54. The van der Waals surface area contributed by atoms with Crippen molar-refractivity contribution in [3.63, 3.8) is 0 Å². The van der Waals surface area contributed by atoms with Crippen molar-refractivity contribution in [3.05, 3.63) is 57.0 Å². The highest BCUT2D eigenvalue weighted by molar-refractivity contribution is 7.12. The number of hydrogen-bond acceptors (Lipinski definition) is 5. The summed E-state index contributed by atoms with van der Waals surface area (Å²) in [5.74, 6) is -0.385. The molecule has 1 aromatic carbocycles. The Balaban J connectivity index is 1.58. The Hall–Kier alpha value is -2.51. The highest BCUT2D eigenvalue weighted by Crippen LogP contribution is 2.23. The Bertz CT molecular complexity index is 870. The molecular formula is C18H17N3O2S2. The van der Waals surface area contributed by atoms with Crippen LogP contribution < -0.4 is 5.32 Å². The van der Waals surface area contributed by atoms with Crippen LogP contribution >= 0.6 is 22.7 Å². The first-order valence-corrected chi connectivity index (χ1v) is 9.40. The smallest absolute Gasteiger partial charge is 0.264 e. The molecule has 7 heteroatoms. The Labute approximate surface area is 154 Å². The van der Waals surface area contributed by atoms with E-state index in [1.54, 1.807) is 24.5 Å². The number of rotatable bonds is 5. The van der Waals surface area contributed by atoms with Gasteiger partial charge >= 0.3 is 0 Å². The van der Waals surface area contributed by atoms with Crippen LogP contribution in [-0.4, -0.2) is 35.3 Å². The van der Waals surface area contributed by atoms with Gasteiger partial charge in [0.15, 0.2) is 0 Å². The third-order valence-corrected chi connectivity index (χ3v) is 5.17. The van der Waals surface area contributed by atoms with Crippen molar-refractivity contribution in [2.45, 2.75) is 6.92 Å². The summed E-state index contributed by atoms with van der Waals surface area (Å²) < 4.78 is 0. The van der Waals surface area contributed by atoms with Crippen LogP contribution in [0.3, 0.4) is 0 Å². The summed E-state index contributed by atoms with van der Waals surface area (Å²) in [4.78, 5) is 30.8. The molecule has 0 aliphatic heterocycles. The van der Waals surface area contributed by atoms with Crippen molar-refractivity contribution < 1.29 is 9.59 Å². The lowest BCUT2D eigenvalue weighted by Gasteiger charge is -2.16. The predicted molar refractivity (Wildman–Crippen MR) is 102 cm³/mol. The molecule has 2 heterocycles. The van der Waals surface area contributed by atoms with Crippen molar-refractivity contribution in [2.24, 2.45) is 0 Å². The molecule has 0 unspecified atom stereocenters. The number of aromatic nitrogens is 1. The molecule has 0 fully saturated rings. The fourth-order valence-corrected chi connectivity index (χ4v) is 3.64. The minimum atomic E-state index is -0.232. The average Bonchev–Trinajstić information content (AvgIpc) is 3.26. The van der Waals surface area contributed by atoms with Crippen molar-refractivity contribution in [3.8, 4) is 11.3 Å². The molecule has 3 aromatic rings. The molecule has 5 nitrogen and oxygen atoms in total. The van der Waals surface area contributed by atoms with E-state index in [1.165, 1.54) is 16.2 Å². The predicted octanol–water partition coefficient (Wildman–Crippen LogP) is 3.89. The maximum Gasteiger partial charge on any atom is 0.264 e. The largest absolute Gasteiger partial charge is 0.332 e. The number of carbonyl (C=O) groups is 2. The summed E-state index contributed by atoms with van der Waals surface area (Å²) in [6.07, 6.45) is 0. The Morgan fingerprint density at radius 2 is 1.92 bits per heavy atom. The number of nitrogens with one attached hydrogen (secondary N) is 1. The molecule has 0 saturated heterocycles. The molecule has 3 rings (SSSR count). The molecule has 0 spiro atoms. The van der Waals surface area contributed by atoms with Crippen LogP contribution in [0, 0.1) is 6.92 Å². The van der Waals surface area contributed by atoms with Crippen LogP contribution in [0.5, 0.6) is 0 Å². The van der Waals surface area contributed by atoms with E-state index in [2.05, 4.69) is 10.3 Å². The van der Waals surface area contributed by atoms with Crippen LogP contribution in [0.1, 0.15) is 14.7 Å². The van der Waals surface area contributed by atoms with E-state index >= 15 is 0 Å². The summed E-state index contributed by atoms with van der Waals surface area (Å²) in [7, 11) is 1.62. The zero-order valence-corrected chi connectivity index (χ0v) is 15.5. The number of aryl methyl sites for hydroxylation is 1. The second-order valence-electron chi connectivity index (χ2n) is 5.52. The molecule has 2 amide bonds. The van der Waals surface area contributed by atoms with E-state index in [9.17, 15) is 9.59 Å². The normalized spacial score (nSPS) is 10.5. The summed E-state index contributed by atoms with van der Waals surface area (Å²) in [5.41, 5.74) is 2.63. The number of likely N-dealkylation sites (N-methyl/N-ethyl adjacent to an activating group) is 1. The molecule has 128 valence electrons. The summed E-state index contributed by atoms with van der Waals surface area (Å²) in [6, 6.07) is 11.1. The van der Waals surface area contributed by atoms with E-state index in [0.717, 1.165) is 16.3 Å². The maximum absolute atomic E-state index is 12.1. The number of carbonyl (C=O) groups excluding carboxylic acids is 2. The first-order valence-electron chi connectivity index (χ1n) is 7.64. The van der Waals surface area contributed by atoms with E-state index in [1.807, 2.05) is 48.0 Å². The minimum absolute atomic E-state index is 0.00374. The highest BCUT2D eigenvalue weighted by atomic mass is 32.1. The number of benzene rings is 1. The van der Waals surface area contributed by atoms with Crippen molar-refractivity contribution in [2.75, 3.05) is 18.9 Å². The van der Waals surface area contributed by atoms with Gasteiger partial charge in [0, 0.05) is 23.7 Å². The van der Waals surface area contributed by atoms with Gasteiger partial charge in [-0.2, -0.15) is 0 Å². The van der Waals surface area contributed by atoms with Crippen molar-refractivity contribution in [1.29, 1.82) is 0 Å². The van der Waals surface area contributed by atoms with Crippen LogP contribution in [0.2, 0.25) is 0 Å². The lowest BCUT2D eigenvalue weighted by Crippen LogP contribution is -2.34. The van der Waals surface area contributed by atoms with Gasteiger partial charge in [-0.25, -0.2) is 4.98 Å². The van der Waals surface area contributed by atoms with E-state index < -0.39 is 0 Å². The molecule has 1 N–H and O–H groups in total. The molecule has 0 aliphatic rings. The van der Waals surface area contributed by atoms with E-state index in [-0.39, 0.29) is 18.4 Å². The number of hydrogen-bond donors (Lipinski definition) is 1. The zero-order chi connectivity index (χ0) is 17.8. The van der Waals surface area contributed by atoms with Gasteiger partial charge in [0.1, 0.15) is 0 Å². The molecule has 2 aromatic heterocycles. The van der Waals surface area contributed by atoms with Crippen molar-refractivity contribution in [1.82, 2.24) is 9.88 Å². The Morgan fingerprint density at radius 1 is 1.16 bits per heavy atom. The van der Waals surface area contributed by atoms with Crippen LogP contribution in [0.15, 0.2) is 47.2 Å². The summed E-state index contributed by atoms with van der Waals surface area (Å²) in [5, 5.41) is 7.68. The zero-order valence-electron chi connectivity index (χ0n) is 13.9. The lowest BCUT2D eigenvalue weighted by atomic mass is 10.1. The van der Waals surface area contributed by atoms with E-state index in [0.29, 0.717) is 10.6 Å². The molecule has 0 saturated carbocycles. The molecular weight excluding hydrogens is 354 g/mol. The van der Waals surface area contributed by atoms with Gasteiger partial charge in [0.05, 0.1) is 22.1 Å².